The lowest BCUT2D eigenvalue weighted by molar-refractivity contribution is 0.100. The molecule has 0 radical (unpaired) electrons. The molecule has 0 heterocycles. The van der Waals surface area contributed by atoms with Crippen molar-refractivity contribution in [1.82, 2.24) is 0 Å². The molecule has 0 saturated heterocycles. The topological polar surface area (TPSA) is 98.5 Å². The normalized spacial score (nSPS) is 11.0. The molecule has 0 saturated carbocycles. The van der Waals surface area contributed by atoms with Gasteiger partial charge in [0.25, 0.3) is 10.0 Å². The van der Waals surface area contributed by atoms with Gasteiger partial charge in [-0.3, -0.25) is 9.52 Å². The Bertz CT molecular complexity index is 769. The lowest BCUT2D eigenvalue weighted by Gasteiger charge is -2.09. The second kappa shape index (κ2) is 7.15. The Labute approximate surface area is 135 Å². The van der Waals surface area contributed by atoms with Crippen LogP contribution >= 0.6 is 0 Å². The van der Waals surface area contributed by atoms with Crippen LogP contribution in [0.2, 0.25) is 0 Å². The number of sulfonamides is 1. The Morgan fingerprint density at radius 1 is 1.09 bits per heavy atom. The summed E-state index contributed by atoms with van der Waals surface area (Å²) in [4.78, 5) is 11.1. The van der Waals surface area contributed by atoms with E-state index in [1.165, 1.54) is 36.4 Å². The highest BCUT2D eigenvalue weighted by atomic mass is 32.2. The van der Waals surface area contributed by atoms with Crippen LogP contribution < -0.4 is 15.2 Å². The molecule has 6 nitrogen and oxygen atoms in total. The van der Waals surface area contributed by atoms with E-state index in [1.54, 1.807) is 12.1 Å². The molecule has 0 aromatic heterocycles. The van der Waals surface area contributed by atoms with E-state index in [2.05, 4.69) is 4.72 Å². The van der Waals surface area contributed by atoms with Crippen LogP contribution in [0.25, 0.3) is 0 Å². The molecule has 2 rings (SSSR count). The molecule has 0 aliphatic heterocycles. The first kappa shape index (κ1) is 16.8. The zero-order valence-corrected chi connectivity index (χ0v) is 13.5. The quantitative estimate of drug-likeness (QED) is 0.812. The van der Waals surface area contributed by atoms with Crippen molar-refractivity contribution in [2.45, 2.75) is 18.2 Å². The minimum Gasteiger partial charge on any atom is -0.494 e. The average Bonchev–Trinajstić information content (AvgIpc) is 2.53. The summed E-state index contributed by atoms with van der Waals surface area (Å²) in [5.41, 5.74) is 5.80. The molecular formula is C16H18N2O4S. The molecule has 23 heavy (non-hydrogen) atoms. The van der Waals surface area contributed by atoms with E-state index in [4.69, 9.17) is 10.5 Å². The van der Waals surface area contributed by atoms with Crippen molar-refractivity contribution < 1.29 is 17.9 Å². The number of ether oxygens (including phenoxy) is 1. The predicted molar refractivity (Wildman–Crippen MR) is 88.0 cm³/mol. The maximum atomic E-state index is 12.3. The van der Waals surface area contributed by atoms with Crippen LogP contribution in [0.1, 0.15) is 23.7 Å². The Morgan fingerprint density at radius 2 is 1.70 bits per heavy atom. The summed E-state index contributed by atoms with van der Waals surface area (Å²) < 4.78 is 32.5. The number of hydrogen-bond acceptors (Lipinski definition) is 4. The minimum absolute atomic E-state index is 0.125. The molecule has 0 atom stereocenters. The van der Waals surface area contributed by atoms with Crippen molar-refractivity contribution in [2.24, 2.45) is 5.73 Å². The van der Waals surface area contributed by atoms with Gasteiger partial charge < -0.3 is 10.5 Å². The molecule has 2 aromatic rings. The summed E-state index contributed by atoms with van der Waals surface area (Å²) in [5.74, 6) is 0.0543. The molecule has 3 N–H and O–H groups in total. The fraction of sp³-hybridized carbons (Fsp3) is 0.188. The lowest BCUT2D eigenvalue weighted by Crippen LogP contribution is -2.14. The molecule has 122 valence electrons. The summed E-state index contributed by atoms with van der Waals surface area (Å²) in [6.07, 6.45) is 0.878. The molecule has 1 amide bonds. The summed E-state index contributed by atoms with van der Waals surface area (Å²) in [7, 11) is -3.71. The smallest absolute Gasteiger partial charge is 0.261 e. The summed E-state index contributed by atoms with van der Waals surface area (Å²) >= 11 is 0. The first-order chi connectivity index (χ1) is 10.9. The maximum absolute atomic E-state index is 12.3. The molecule has 0 unspecified atom stereocenters. The highest BCUT2D eigenvalue weighted by Gasteiger charge is 2.14. The monoisotopic (exact) mass is 334 g/mol. The molecule has 0 aliphatic carbocycles. The van der Waals surface area contributed by atoms with Crippen LogP contribution in [-0.4, -0.2) is 20.9 Å². The van der Waals surface area contributed by atoms with Crippen molar-refractivity contribution in [3.05, 3.63) is 54.1 Å². The number of nitrogens with one attached hydrogen (secondary N) is 1. The molecule has 0 bridgehead atoms. The van der Waals surface area contributed by atoms with E-state index in [0.29, 0.717) is 23.6 Å². The molecule has 2 aromatic carbocycles. The minimum atomic E-state index is -3.71. The Kier molecular flexibility index (Phi) is 5.23. The second-order valence-corrected chi connectivity index (χ2v) is 6.55. The average molecular weight is 334 g/mol. The standard InChI is InChI=1S/C16H18N2O4S/c1-2-11-22-14-7-9-15(10-8-14)23(20,21)18-13-5-3-12(4-6-13)16(17)19/h3-10,18H,2,11H2,1H3,(H2,17,19). The molecule has 0 aliphatic rings. The Balaban J connectivity index is 2.13. The number of nitrogens with two attached hydrogens (primary N) is 1. The van der Waals surface area contributed by atoms with Gasteiger partial charge >= 0.3 is 0 Å². The van der Waals surface area contributed by atoms with E-state index in [1.807, 2.05) is 6.92 Å². The second-order valence-electron chi connectivity index (χ2n) is 4.87. The van der Waals surface area contributed by atoms with Gasteiger partial charge in [0.05, 0.1) is 11.5 Å². The van der Waals surface area contributed by atoms with Crippen LogP contribution in [0.5, 0.6) is 5.75 Å². The van der Waals surface area contributed by atoms with Crippen molar-refractivity contribution in [3.63, 3.8) is 0 Å². The van der Waals surface area contributed by atoms with Crippen molar-refractivity contribution in [2.75, 3.05) is 11.3 Å². The third-order valence-corrected chi connectivity index (χ3v) is 4.43. The van der Waals surface area contributed by atoms with Crippen molar-refractivity contribution >= 4 is 21.6 Å². The molecule has 0 fully saturated rings. The Morgan fingerprint density at radius 3 is 2.22 bits per heavy atom. The number of primary amides is 1. The lowest BCUT2D eigenvalue weighted by atomic mass is 10.2. The number of hydrogen-bond donors (Lipinski definition) is 2. The van der Waals surface area contributed by atoms with Gasteiger partial charge in [0.2, 0.25) is 5.91 Å². The van der Waals surface area contributed by atoms with Crippen LogP contribution in [-0.2, 0) is 10.0 Å². The fourth-order valence-electron chi connectivity index (χ4n) is 1.85. The van der Waals surface area contributed by atoms with E-state index in [0.717, 1.165) is 6.42 Å². The van der Waals surface area contributed by atoms with Gasteiger partial charge in [0.1, 0.15) is 5.75 Å². The zero-order valence-electron chi connectivity index (χ0n) is 12.7. The van der Waals surface area contributed by atoms with Crippen LogP contribution in [0.15, 0.2) is 53.4 Å². The first-order valence-electron chi connectivity index (χ1n) is 7.08. The highest BCUT2D eigenvalue weighted by molar-refractivity contribution is 7.92. The molecule has 7 heteroatoms. The van der Waals surface area contributed by atoms with Crippen LogP contribution in [0.4, 0.5) is 5.69 Å². The van der Waals surface area contributed by atoms with Gasteiger partial charge in [-0.05, 0) is 55.0 Å². The zero-order chi connectivity index (χ0) is 16.9. The van der Waals surface area contributed by atoms with Gasteiger partial charge in [0.15, 0.2) is 0 Å². The van der Waals surface area contributed by atoms with Gasteiger partial charge in [-0.15, -0.1) is 0 Å². The molecular weight excluding hydrogens is 316 g/mol. The number of carbonyl (C=O) groups is 1. The number of anilines is 1. The van der Waals surface area contributed by atoms with Gasteiger partial charge in [-0.25, -0.2) is 8.42 Å². The van der Waals surface area contributed by atoms with E-state index in [9.17, 15) is 13.2 Å². The third-order valence-electron chi connectivity index (χ3n) is 3.03. The van der Waals surface area contributed by atoms with Crippen LogP contribution in [0, 0.1) is 0 Å². The van der Waals surface area contributed by atoms with E-state index >= 15 is 0 Å². The van der Waals surface area contributed by atoms with Crippen molar-refractivity contribution in [1.29, 1.82) is 0 Å². The molecule has 0 spiro atoms. The number of benzene rings is 2. The number of amides is 1. The predicted octanol–water partition coefficient (Wildman–Crippen LogP) is 2.38. The van der Waals surface area contributed by atoms with Gasteiger partial charge in [0, 0.05) is 11.3 Å². The van der Waals surface area contributed by atoms with Gasteiger partial charge in [-0.1, -0.05) is 6.92 Å². The Hall–Kier alpha value is -2.54. The summed E-state index contributed by atoms with van der Waals surface area (Å²) in [6, 6.07) is 12.1. The fourth-order valence-corrected chi connectivity index (χ4v) is 2.91. The largest absolute Gasteiger partial charge is 0.494 e. The van der Waals surface area contributed by atoms with Gasteiger partial charge in [-0.2, -0.15) is 0 Å². The number of carbonyl (C=O) groups excluding carboxylic acids is 1. The SMILES string of the molecule is CCCOc1ccc(S(=O)(=O)Nc2ccc(C(N)=O)cc2)cc1. The number of rotatable bonds is 7. The maximum Gasteiger partial charge on any atom is 0.261 e. The summed E-state index contributed by atoms with van der Waals surface area (Å²) in [6.45, 7) is 2.57. The van der Waals surface area contributed by atoms with E-state index in [-0.39, 0.29) is 4.90 Å². The summed E-state index contributed by atoms with van der Waals surface area (Å²) in [5, 5.41) is 0. The van der Waals surface area contributed by atoms with E-state index < -0.39 is 15.9 Å². The highest BCUT2D eigenvalue weighted by Crippen LogP contribution is 2.19. The first-order valence-corrected chi connectivity index (χ1v) is 8.56. The third kappa shape index (κ3) is 4.46. The van der Waals surface area contributed by atoms with Crippen LogP contribution in [0.3, 0.4) is 0 Å². The van der Waals surface area contributed by atoms with Crippen molar-refractivity contribution in [3.8, 4) is 5.75 Å².